The minimum absolute atomic E-state index is 0.0696. The number of hydrogen-bond donors (Lipinski definition) is 2. The largest absolute Gasteiger partial charge is 0.398 e. The summed E-state index contributed by atoms with van der Waals surface area (Å²) in [6.45, 7) is 1.89. The van der Waals surface area contributed by atoms with Crippen molar-refractivity contribution >= 4 is 31.6 Å². The fraction of sp³-hybridized carbons (Fsp3) is 0.500. The molecule has 0 aliphatic carbocycles. The Kier molecular flexibility index (Phi) is 6.90. The Bertz CT molecular complexity index is 535. The molecule has 0 fully saturated rings. The number of nitrogen functional groups attached to an aromatic ring is 1. The molecule has 1 rings (SSSR count). The fourth-order valence-corrected chi connectivity index (χ4v) is 3.10. The SMILES string of the molecule is CN(C)CCOCCNS(=O)(=O)c1cc(Br)ccc1N. The Balaban J connectivity index is 2.48. The summed E-state index contributed by atoms with van der Waals surface area (Å²) in [5.74, 6) is 0. The van der Waals surface area contributed by atoms with E-state index in [1.807, 2.05) is 19.0 Å². The topological polar surface area (TPSA) is 84.7 Å². The number of likely N-dealkylation sites (N-methyl/N-ethyl adjacent to an activating group) is 1. The minimum atomic E-state index is -3.61. The first-order chi connectivity index (χ1) is 9.33. The lowest BCUT2D eigenvalue weighted by molar-refractivity contribution is 0.122. The van der Waals surface area contributed by atoms with Crippen LogP contribution in [0.4, 0.5) is 5.69 Å². The third-order valence-electron chi connectivity index (χ3n) is 2.49. The van der Waals surface area contributed by atoms with E-state index in [0.29, 0.717) is 17.7 Å². The molecule has 0 heterocycles. The number of sulfonamides is 1. The maximum absolute atomic E-state index is 12.1. The number of rotatable bonds is 8. The van der Waals surface area contributed by atoms with Crippen molar-refractivity contribution in [3.63, 3.8) is 0 Å². The van der Waals surface area contributed by atoms with Crippen LogP contribution < -0.4 is 10.5 Å². The molecular weight excluding hydrogens is 346 g/mol. The summed E-state index contributed by atoms with van der Waals surface area (Å²) in [7, 11) is 0.281. The van der Waals surface area contributed by atoms with Gasteiger partial charge in [0.1, 0.15) is 4.90 Å². The Labute approximate surface area is 128 Å². The second-order valence-electron chi connectivity index (χ2n) is 4.50. The van der Waals surface area contributed by atoms with Gasteiger partial charge in [0.15, 0.2) is 0 Å². The summed E-state index contributed by atoms with van der Waals surface area (Å²) in [4.78, 5) is 2.06. The molecule has 0 aliphatic rings. The monoisotopic (exact) mass is 365 g/mol. The summed E-state index contributed by atoms with van der Waals surface area (Å²) in [5.41, 5.74) is 5.90. The van der Waals surface area contributed by atoms with Crippen LogP contribution in [0.2, 0.25) is 0 Å². The van der Waals surface area contributed by atoms with Crippen LogP contribution in [0.15, 0.2) is 27.6 Å². The standard InChI is InChI=1S/C12H20BrN3O3S/c1-16(2)6-8-19-7-5-15-20(17,18)12-9-10(13)3-4-11(12)14/h3-4,9,15H,5-8,14H2,1-2H3. The van der Waals surface area contributed by atoms with Crippen molar-refractivity contribution in [1.29, 1.82) is 0 Å². The van der Waals surface area contributed by atoms with Gasteiger partial charge in [0.25, 0.3) is 0 Å². The molecule has 0 atom stereocenters. The van der Waals surface area contributed by atoms with Gasteiger partial charge in [-0.05, 0) is 32.3 Å². The molecule has 0 radical (unpaired) electrons. The molecule has 20 heavy (non-hydrogen) atoms. The first kappa shape index (κ1) is 17.4. The molecule has 0 bridgehead atoms. The molecule has 6 nitrogen and oxygen atoms in total. The number of nitrogens with one attached hydrogen (secondary N) is 1. The van der Waals surface area contributed by atoms with Crippen molar-refractivity contribution in [3.8, 4) is 0 Å². The Hall–Kier alpha value is -0.670. The normalized spacial score (nSPS) is 12.0. The Morgan fingerprint density at radius 1 is 1.35 bits per heavy atom. The van der Waals surface area contributed by atoms with E-state index in [4.69, 9.17) is 10.5 Å². The molecular formula is C12H20BrN3O3S. The van der Waals surface area contributed by atoms with E-state index in [-0.39, 0.29) is 17.1 Å². The van der Waals surface area contributed by atoms with Crippen LogP contribution in [-0.4, -0.2) is 53.7 Å². The second kappa shape index (κ2) is 7.94. The van der Waals surface area contributed by atoms with Gasteiger partial charge in [-0.15, -0.1) is 0 Å². The lowest BCUT2D eigenvalue weighted by Gasteiger charge is -2.11. The highest BCUT2D eigenvalue weighted by Crippen LogP contribution is 2.22. The fourth-order valence-electron chi connectivity index (χ4n) is 1.42. The predicted octanol–water partition coefficient (Wildman–Crippen LogP) is 0.888. The van der Waals surface area contributed by atoms with E-state index in [2.05, 4.69) is 20.7 Å². The predicted molar refractivity (Wildman–Crippen MR) is 83.1 cm³/mol. The molecule has 0 amide bonds. The minimum Gasteiger partial charge on any atom is -0.398 e. The van der Waals surface area contributed by atoms with Gasteiger partial charge in [-0.25, -0.2) is 13.1 Å². The second-order valence-corrected chi connectivity index (χ2v) is 7.15. The van der Waals surface area contributed by atoms with Gasteiger partial charge < -0.3 is 15.4 Å². The lowest BCUT2D eigenvalue weighted by Crippen LogP contribution is -2.29. The number of ether oxygens (including phenoxy) is 1. The van der Waals surface area contributed by atoms with Crippen LogP contribution in [0, 0.1) is 0 Å². The van der Waals surface area contributed by atoms with Crippen LogP contribution in [0.3, 0.4) is 0 Å². The zero-order valence-corrected chi connectivity index (χ0v) is 14.0. The third kappa shape index (κ3) is 5.76. The zero-order valence-electron chi connectivity index (χ0n) is 11.6. The van der Waals surface area contributed by atoms with Gasteiger partial charge in [-0.2, -0.15) is 0 Å². The van der Waals surface area contributed by atoms with Crippen molar-refractivity contribution in [2.75, 3.05) is 46.1 Å². The Morgan fingerprint density at radius 2 is 2.05 bits per heavy atom. The highest BCUT2D eigenvalue weighted by molar-refractivity contribution is 9.10. The average molecular weight is 366 g/mol. The lowest BCUT2D eigenvalue weighted by atomic mass is 10.3. The van der Waals surface area contributed by atoms with Crippen LogP contribution in [-0.2, 0) is 14.8 Å². The highest BCUT2D eigenvalue weighted by atomic mass is 79.9. The van der Waals surface area contributed by atoms with Gasteiger partial charge in [0.2, 0.25) is 10.0 Å². The number of nitrogens with two attached hydrogens (primary N) is 1. The summed E-state index contributed by atoms with van der Waals surface area (Å²) >= 11 is 3.23. The zero-order chi connectivity index (χ0) is 15.2. The number of benzene rings is 1. The van der Waals surface area contributed by atoms with Crippen molar-refractivity contribution in [3.05, 3.63) is 22.7 Å². The maximum Gasteiger partial charge on any atom is 0.242 e. The molecule has 0 saturated heterocycles. The van der Waals surface area contributed by atoms with Crippen molar-refractivity contribution in [2.24, 2.45) is 0 Å². The quantitative estimate of drug-likeness (QED) is 0.527. The summed E-state index contributed by atoms with van der Waals surface area (Å²) < 4.78 is 32.6. The Morgan fingerprint density at radius 3 is 2.70 bits per heavy atom. The van der Waals surface area contributed by atoms with Gasteiger partial charge in [0, 0.05) is 17.6 Å². The molecule has 1 aromatic carbocycles. The van der Waals surface area contributed by atoms with E-state index in [9.17, 15) is 8.42 Å². The van der Waals surface area contributed by atoms with Crippen LogP contribution in [0.25, 0.3) is 0 Å². The number of halogens is 1. The van der Waals surface area contributed by atoms with E-state index < -0.39 is 10.0 Å². The maximum atomic E-state index is 12.1. The summed E-state index contributed by atoms with van der Waals surface area (Å²) in [6.07, 6.45) is 0. The van der Waals surface area contributed by atoms with E-state index in [1.165, 1.54) is 6.07 Å². The molecule has 114 valence electrons. The number of nitrogens with zero attached hydrogens (tertiary/aromatic N) is 1. The van der Waals surface area contributed by atoms with Gasteiger partial charge in [-0.1, -0.05) is 15.9 Å². The van der Waals surface area contributed by atoms with Gasteiger partial charge in [-0.3, -0.25) is 0 Å². The molecule has 1 aromatic rings. The highest BCUT2D eigenvalue weighted by Gasteiger charge is 2.17. The van der Waals surface area contributed by atoms with Crippen molar-refractivity contribution in [1.82, 2.24) is 9.62 Å². The van der Waals surface area contributed by atoms with E-state index in [1.54, 1.807) is 12.1 Å². The van der Waals surface area contributed by atoms with Crippen molar-refractivity contribution in [2.45, 2.75) is 4.90 Å². The third-order valence-corrected chi connectivity index (χ3v) is 4.50. The first-order valence-corrected chi connectivity index (χ1v) is 8.37. The molecule has 0 unspecified atom stereocenters. The molecule has 0 aliphatic heterocycles. The van der Waals surface area contributed by atoms with E-state index >= 15 is 0 Å². The number of anilines is 1. The van der Waals surface area contributed by atoms with E-state index in [0.717, 1.165) is 6.54 Å². The first-order valence-electron chi connectivity index (χ1n) is 6.10. The smallest absolute Gasteiger partial charge is 0.242 e. The molecule has 3 N–H and O–H groups in total. The molecule has 0 aromatic heterocycles. The van der Waals surface area contributed by atoms with Crippen LogP contribution >= 0.6 is 15.9 Å². The average Bonchev–Trinajstić information content (AvgIpc) is 2.36. The van der Waals surface area contributed by atoms with Crippen LogP contribution in [0.5, 0.6) is 0 Å². The van der Waals surface area contributed by atoms with Gasteiger partial charge >= 0.3 is 0 Å². The molecule has 8 heteroatoms. The molecule has 0 spiro atoms. The van der Waals surface area contributed by atoms with Gasteiger partial charge in [0.05, 0.1) is 18.9 Å². The molecule has 0 saturated carbocycles. The summed E-state index contributed by atoms with van der Waals surface area (Å²) in [6, 6.07) is 4.72. The summed E-state index contributed by atoms with van der Waals surface area (Å²) in [5, 5.41) is 0. The number of hydrogen-bond acceptors (Lipinski definition) is 5. The van der Waals surface area contributed by atoms with Crippen molar-refractivity contribution < 1.29 is 13.2 Å². The van der Waals surface area contributed by atoms with Crippen LogP contribution in [0.1, 0.15) is 0 Å².